The standard InChI is InChI=1S/C16H14N3O/c1-12-17-18-15(13-8-4-2-5-9-13)16(19(12)20)14-10-6-3-7-11-14/h2-11H,1H3,(H,18,20)/q+1. The summed E-state index contributed by atoms with van der Waals surface area (Å²) in [6.07, 6.45) is 0. The fraction of sp³-hybridized carbons (Fsp3) is 0.0625. The Kier molecular flexibility index (Phi) is 3.13. The summed E-state index contributed by atoms with van der Waals surface area (Å²) in [5, 5.41) is 7.06. The third-order valence-corrected chi connectivity index (χ3v) is 3.17. The third kappa shape index (κ3) is 2.12. The van der Waals surface area contributed by atoms with E-state index in [0.29, 0.717) is 11.5 Å². The van der Waals surface area contributed by atoms with Gasteiger partial charge in [0.2, 0.25) is 5.69 Å². The van der Waals surface area contributed by atoms with Gasteiger partial charge in [-0.15, -0.1) is 0 Å². The monoisotopic (exact) mass is 264 g/mol. The van der Waals surface area contributed by atoms with Gasteiger partial charge in [0.15, 0.2) is 0 Å². The lowest BCUT2D eigenvalue weighted by Gasteiger charge is -2.04. The third-order valence-electron chi connectivity index (χ3n) is 3.17. The molecule has 0 saturated carbocycles. The van der Waals surface area contributed by atoms with E-state index in [1.54, 1.807) is 6.92 Å². The Balaban J connectivity index is 2.32. The van der Waals surface area contributed by atoms with Crippen LogP contribution in [0.2, 0.25) is 0 Å². The van der Waals surface area contributed by atoms with E-state index in [9.17, 15) is 4.91 Å². The van der Waals surface area contributed by atoms with Crippen LogP contribution in [-0.2, 0) is 0 Å². The Morgan fingerprint density at radius 3 is 2.05 bits per heavy atom. The SMILES string of the molecule is Cc1n[nH]c(-c2ccccc2)c(-c2ccccc2)[n+]1=O. The van der Waals surface area contributed by atoms with Crippen molar-refractivity contribution in [3.05, 3.63) is 71.4 Å². The van der Waals surface area contributed by atoms with Crippen molar-refractivity contribution in [3.63, 3.8) is 0 Å². The van der Waals surface area contributed by atoms with Gasteiger partial charge >= 0.3 is 5.82 Å². The van der Waals surface area contributed by atoms with E-state index in [2.05, 4.69) is 10.2 Å². The number of nitrogens with zero attached hydrogens (tertiary/aromatic N) is 2. The largest absolute Gasteiger partial charge is 0.364 e. The van der Waals surface area contributed by atoms with Gasteiger partial charge in [-0.1, -0.05) is 65.6 Å². The zero-order valence-corrected chi connectivity index (χ0v) is 11.1. The van der Waals surface area contributed by atoms with Crippen molar-refractivity contribution in [2.24, 2.45) is 0 Å². The normalized spacial score (nSPS) is 10.4. The predicted molar refractivity (Wildman–Crippen MR) is 77.6 cm³/mol. The lowest BCUT2D eigenvalue weighted by molar-refractivity contribution is -0.495. The summed E-state index contributed by atoms with van der Waals surface area (Å²) in [5.41, 5.74) is 3.10. The van der Waals surface area contributed by atoms with Crippen molar-refractivity contribution in [1.82, 2.24) is 10.2 Å². The Morgan fingerprint density at radius 2 is 1.45 bits per heavy atom. The van der Waals surface area contributed by atoms with Crippen molar-refractivity contribution >= 4 is 0 Å². The van der Waals surface area contributed by atoms with Crippen molar-refractivity contribution in [1.29, 1.82) is 0 Å². The molecule has 4 heteroatoms. The number of hydrogen-bond donors (Lipinski definition) is 1. The van der Waals surface area contributed by atoms with Gasteiger partial charge in [0.05, 0.1) is 5.10 Å². The van der Waals surface area contributed by atoms with Gasteiger partial charge in [-0.2, -0.15) is 5.10 Å². The van der Waals surface area contributed by atoms with E-state index in [1.165, 1.54) is 0 Å². The number of benzene rings is 2. The van der Waals surface area contributed by atoms with Crippen LogP contribution < -0.4 is 4.43 Å². The molecule has 3 aromatic rings. The zero-order chi connectivity index (χ0) is 13.9. The van der Waals surface area contributed by atoms with E-state index >= 15 is 0 Å². The molecule has 0 atom stereocenters. The van der Waals surface area contributed by atoms with Gasteiger partial charge in [0, 0.05) is 22.5 Å². The van der Waals surface area contributed by atoms with Crippen LogP contribution in [0.15, 0.2) is 60.7 Å². The highest BCUT2D eigenvalue weighted by Gasteiger charge is 2.20. The Labute approximate surface area is 116 Å². The maximum atomic E-state index is 12.4. The van der Waals surface area contributed by atoms with Crippen LogP contribution in [0.1, 0.15) is 5.82 Å². The molecular weight excluding hydrogens is 250 g/mol. The maximum Gasteiger partial charge on any atom is 0.364 e. The average Bonchev–Trinajstić information content (AvgIpc) is 2.51. The second kappa shape index (κ2) is 5.09. The number of aromatic amines is 1. The minimum Gasteiger partial charge on any atom is -0.181 e. The topological polar surface area (TPSA) is 51.6 Å². The molecule has 0 fully saturated rings. The number of hydrogen-bond acceptors (Lipinski definition) is 2. The van der Waals surface area contributed by atoms with Crippen molar-refractivity contribution < 1.29 is 4.43 Å². The van der Waals surface area contributed by atoms with Crippen LogP contribution >= 0.6 is 0 Å². The molecule has 0 aliphatic rings. The first-order valence-electron chi connectivity index (χ1n) is 6.40. The fourth-order valence-electron chi connectivity index (χ4n) is 2.16. The molecule has 3 rings (SSSR count). The van der Waals surface area contributed by atoms with E-state index < -0.39 is 0 Å². The van der Waals surface area contributed by atoms with Gasteiger partial charge in [-0.05, 0) is 0 Å². The Bertz CT molecular complexity index is 780. The molecule has 0 spiro atoms. The number of nitrogens with one attached hydrogen (secondary N) is 1. The molecule has 4 nitrogen and oxygen atoms in total. The molecule has 0 aliphatic heterocycles. The number of rotatable bonds is 2. The number of H-pyrrole nitrogens is 1. The summed E-state index contributed by atoms with van der Waals surface area (Å²) in [4.78, 5) is 12.4. The minimum absolute atomic E-state index is 0.392. The molecule has 0 aliphatic carbocycles. The fourth-order valence-corrected chi connectivity index (χ4v) is 2.16. The first-order valence-corrected chi connectivity index (χ1v) is 6.40. The molecule has 1 N–H and O–H groups in total. The lowest BCUT2D eigenvalue weighted by Crippen LogP contribution is -2.25. The molecule has 98 valence electrons. The van der Waals surface area contributed by atoms with Gasteiger partial charge < -0.3 is 0 Å². The first-order chi connectivity index (χ1) is 9.77. The highest BCUT2D eigenvalue weighted by Crippen LogP contribution is 2.26. The average molecular weight is 264 g/mol. The van der Waals surface area contributed by atoms with Gasteiger partial charge in [-0.25, -0.2) is 0 Å². The molecule has 20 heavy (non-hydrogen) atoms. The Morgan fingerprint density at radius 1 is 0.900 bits per heavy atom. The molecule has 0 unspecified atom stereocenters. The molecular formula is C16H14N3O+. The van der Waals surface area contributed by atoms with Gasteiger partial charge in [0.25, 0.3) is 0 Å². The van der Waals surface area contributed by atoms with E-state index in [4.69, 9.17) is 0 Å². The summed E-state index contributed by atoms with van der Waals surface area (Å²) >= 11 is 0. The molecule has 0 radical (unpaired) electrons. The quantitative estimate of drug-likeness (QED) is 0.723. The predicted octanol–water partition coefficient (Wildman–Crippen LogP) is 2.97. The molecule has 2 aromatic carbocycles. The molecule has 1 aromatic heterocycles. The van der Waals surface area contributed by atoms with Crippen LogP contribution in [0, 0.1) is 11.8 Å². The summed E-state index contributed by atoms with van der Waals surface area (Å²) in [7, 11) is 0. The van der Waals surface area contributed by atoms with Crippen LogP contribution in [0.5, 0.6) is 0 Å². The van der Waals surface area contributed by atoms with E-state index in [1.807, 2.05) is 60.7 Å². The lowest BCUT2D eigenvalue weighted by atomic mass is 10.0. The van der Waals surface area contributed by atoms with Gasteiger partial charge in [-0.3, -0.25) is 0 Å². The zero-order valence-electron chi connectivity index (χ0n) is 11.1. The van der Waals surface area contributed by atoms with E-state index in [0.717, 1.165) is 21.2 Å². The van der Waals surface area contributed by atoms with Crippen molar-refractivity contribution in [2.45, 2.75) is 6.92 Å². The minimum atomic E-state index is 0.392. The molecule has 1 heterocycles. The maximum absolute atomic E-state index is 12.4. The van der Waals surface area contributed by atoms with Crippen LogP contribution in [0.3, 0.4) is 0 Å². The molecule has 0 bridgehead atoms. The highest BCUT2D eigenvalue weighted by atomic mass is 16.3. The van der Waals surface area contributed by atoms with Gasteiger partial charge in [0.1, 0.15) is 5.69 Å². The van der Waals surface area contributed by atoms with Crippen LogP contribution in [-0.4, -0.2) is 10.2 Å². The summed E-state index contributed by atoms with van der Waals surface area (Å²) in [5.74, 6) is 0.392. The highest BCUT2D eigenvalue weighted by molar-refractivity contribution is 5.75. The molecule has 0 amide bonds. The van der Waals surface area contributed by atoms with Crippen molar-refractivity contribution in [3.8, 4) is 22.5 Å². The first kappa shape index (κ1) is 12.3. The smallest absolute Gasteiger partial charge is 0.181 e. The summed E-state index contributed by atoms with van der Waals surface area (Å²) < 4.78 is 0.869. The second-order valence-electron chi connectivity index (χ2n) is 4.52. The Hall–Kier alpha value is -2.75. The summed E-state index contributed by atoms with van der Waals surface area (Å²) in [6, 6.07) is 19.3. The summed E-state index contributed by atoms with van der Waals surface area (Å²) in [6.45, 7) is 1.69. The molecule has 0 saturated heterocycles. The second-order valence-corrected chi connectivity index (χ2v) is 4.52. The van der Waals surface area contributed by atoms with Crippen LogP contribution in [0.25, 0.3) is 22.5 Å². The number of aromatic nitrogens is 3. The van der Waals surface area contributed by atoms with E-state index in [-0.39, 0.29) is 0 Å². The van der Waals surface area contributed by atoms with Crippen molar-refractivity contribution in [2.75, 3.05) is 0 Å². The van der Waals surface area contributed by atoms with Crippen LogP contribution in [0.4, 0.5) is 0 Å². The number of aryl methyl sites for hydroxylation is 1.